The summed E-state index contributed by atoms with van der Waals surface area (Å²) >= 11 is 7.43. The zero-order valence-electron chi connectivity index (χ0n) is 14.8. The molecule has 0 amide bonds. The average molecular weight is 391 g/mol. The van der Waals surface area contributed by atoms with Crippen LogP contribution in [0.25, 0.3) is 21.3 Å². The van der Waals surface area contributed by atoms with E-state index in [9.17, 15) is 9.59 Å². The van der Waals surface area contributed by atoms with E-state index < -0.39 is 5.97 Å². The lowest BCUT2D eigenvalue weighted by molar-refractivity contribution is -0.145. The van der Waals surface area contributed by atoms with E-state index in [4.69, 9.17) is 16.3 Å². The number of halogens is 1. The molecule has 2 aromatic heterocycles. The topological polar surface area (TPSA) is 61.2 Å². The van der Waals surface area contributed by atoms with Crippen LogP contribution in [0.1, 0.15) is 18.7 Å². The van der Waals surface area contributed by atoms with Crippen LogP contribution in [0.4, 0.5) is 0 Å². The number of benzene rings is 1. The van der Waals surface area contributed by atoms with Gasteiger partial charge in [0.05, 0.1) is 18.3 Å². The molecule has 3 aromatic rings. The number of hydrogen-bond donors (Lipinski definition) is 0. The number of carbonyl (C=O) groups is 1. The summed E-state index contributed by atoms with van der Waals surface area (Å²) in [5.74, 6) is -0.200. The number of hydrogen-bond acceptors (Lipinski definition) is 5. The fourth-order valence-electron chi connectivity index (χ4n) is 2.66. The van der Waals surface area contributed by atoms with E-state index in [2.05, 4.69) is 4.98 Å². The number of thiophene rings is 1. The van der Waals surface area contributed by atoms with E-state index in [1.165, 1.54) is 22.2 Å². The standard InChI is InChI=1S/C19H19ClN2O3S/c1-11(2)9-25-15(23)8-22-10-21-18-17(19(22)24)16(12(3)26-18)13-4-6-14(20)7-5-13/h4-7,10-11H,8-9H2,1-3H3. The predicted octanol–water partition coefficient (Wildman–Crippen LogP) is 4.29. The monoisotopic (exact) mass is 390 g/mol. The first-order chi connectivity index (χ1) is 12.4. The van der Waals surface area contributed by atoms with Crippen molar-refractivity contribution < 1.29 is 9.53 Å². The Labute approximate surface area is 160 Å². The molecule has 5 nitrogen and oxygen atoms in total. The molecule has 0 N–H and O–H groups in total. The van der Waals surface area contributed by atoms with Crippen LogP contribution in [0.3, 0.4) is 0 Å². The largest absolute Gasteiger partial charge is 0.464 e. The van der Waals surface area contributed by atoms with Crippen LogP contribution in [-0.4, -0.2) is 22.1 Å². The quantitative estimate of drug-likeness (QED) is 0.610. The number of aryl methyl sites for hydroxylation is 1. The second-order valence-corrected chi connectivity index (χ2v) is 8.11. The normalized spacial score (nSPS) is 11.3. The number of rotatable bonds is 5. The highest BCUT2D eigenvalue weighted by atomic mass is 35.5. The molecule has 0 aliphatic rings. The minimum absolute atomic E-state index is 0.149. The Morgan fingerprint density at radius 3 is 2.65 bits per heavy atom. The van der Waals surface area contributed by atoms with E-state index in [-0.39, 0.29) is 18.0 Å². The summed E-state index contributed by atoms with van der Waals surface area (Å²) in [6, 6.07) is 7.34. The van der Waals surface area contributed by atoms with Crippen molar-refractivity contribution in [3.05, 3.63) is 50.8 Å². The molecule has 0 saturated carbocycles. The molecular formula is C19H19ClN2O3S. The van der Waals surface area contributed by atoms with Gasteiger partial charge in [0.1, 0.15) is 11.4 Å². The van der Waals surface area contributed by atoms with Gasteiger partial charge in [-0.3, -0.25) is 14.2 Å². The molecule has 136 valence electrons. The second-order valence-electron chi connectivity index (χ2n) is 6.47. The molecule has 0 aliphatic heterocycles. The summed E-state index contributed by atoms with van der Waals surface area (Å²) in [6.45, 7) is 6.05. The van der Waals surface area contributed by atoms with Crippen molar-refractivity contribution >= 4 is 39.1 Å². The third kappa shape index (κ3) is 3.81. The predicted molar refractivity (Wildman–Crippen MR) is 105 cm³/mol. The van der Waals surface area contributed by atoms with Gasteiger partial charge in [0.2, 0.25) is 0 Å². The van der Waals surface area contributed by atoms with Crippen molar-refractivity contribution in [3.63, 3.8) is 0 Å². The molecule has 1 aromatic carbocycles. The average Bonchev–Trinajstić information content (AvgIpc) is 2.93. The maximum absolute atomic E-state index is 13.0. The van der Waals surface area contributed by atoms with Gasteiger partial charge in [0.15, 0.2) is 0 Å². The fourth-order valence-corrected chi connectivity index (χ4v) is 3.79. The van der Waals surface area contributed by atoms with Gasteiger partial charge in [0, 0.05) is 15.5 Å². The molecular weight excluding hydrogens is 372 g/mol. The van der Waals surface area contributed by atoms with Gasteiger partial charge in [-0.25, -0.2) is 4.98 Å². The Balaban J connectivity index is 2.03. The van der Waals surface area contributed by atoms with Crippen LogP contribution in [0.2, 0.25) is 5.02 Å². The van der Waals surface area contributed by atoms with Gasteiger partial charge in [-0.1, -0.05) is 37.6 Å². The van der Waals surface area contributed by atoms with Gasteiger partial charge < -0.3 is 4.74 Å². The third-order valence-corrected chi connectivity index (χ3v) is 5.13. The molecule has 0 bridgehead atoms. The Morgan fingerprint density at radius 2 is 2.00 bits per heavy atom. The van der Waals surface area contributed by atoms with E-state index in [1.54, 1.807) is 12.1 Å². The van der Waals surface area contributed by atoms with Gasteiger partial charge in [-0.2, -0.15) is 0 Å². The summed E-state index contributed by atoms with van der Waals surface area (Å²) in [5, 5.41) is 1.16. The summed E-state index contributed by atoms with van der Waals surface area (Å²) in [5.41, 5.74) is 1.49. The molecule has 0 saturated heterocycles. The molecule has 0 fully saturated rings. The molecule has 7 heteroatoms. The van der Waals surface area contributed by atoms with E-state index >= 15 is 0 Å². The highest BCUT2D eigenvalue weighted by Crippen LogP contribution is 2.35. The number of esters is 1. The highest BCUT2D eigenvalue weighted by Gasteiger charge is 2.18. The van der Waals surface area contributed by atoms with Gasteiger partial charge in [-0.05, 0) is 30.5 Å². The number of nitrogens with zero attached hydrogens (tertiary/aromatic N) is 2. The first-order valence-electron chi connectivity index (χ1n) is 8.27. The van der Waals surface area contributed by atoms with Crippen LogP contribution < -0.4 is 5.56 Å². The zero-order chi connectivity index (χ0) is 18.8. The van der Waals surface area contributed by atoms with Crippen LogP contribution >= 0.6 is 22.9 Å². The lowest BCUT2D eigenvalue weighted by Crippen LogP contribution is -2.26. The van der Waals surface area contributed by atoms with Crippen LogP contribution in [0.5, 0.6) is 0 Å². The van der Waals surface area contributed by atoms with E-state index in [0.717, 1.165) is 16.0 Å². The van der Waals surface area contributed by atoms with E-state index in [1.807, 2.05) is 32.9 Å². The minimum Gasteiger partial charge on any atom is -0.464 e. The van der Waals surface area contributed by atoms with Crippen LogP contribution in [-0.2, 0) is 16.1 Å². The molecule has 26 heavy (non-hydrogen) atoms. The molecule has 0 atom stereocenters. The third-order valence-electron chi connectivity index (χ3n) is 3.86. The van der Waals surface area contributed by atoms with Crippen molar-refractivity contribution in [2.45, 2.75) is 27.3 Å². The van der Waals surface area contributed by atoms with Crippen molar-refractivity contribution in [1.29, 1.82) is 0 Å². The SMILES string of the molecule is Cc1sc2ncn(CC(=O)OCC(C)C)c(=O)c2c1-c1ccc(Cl)cc1. The van der Waals surface area contributed by atoms with Crippen LogP contribution in [0.15, 0.2) is 35.4 Å². The molecule has 0 spiro atoms. The first-order valence-corrected chi connectivity index (χ1v) is 9.46. The molecule has 2 heterocycles. The van der Waals surface area contributed by atoms with Crippen molar-refractivity contribution in [2.75, 3.05) is 6.61 Å². The first kappa shape index (κ1) is 18.6. The Hall–Kier alpha value is -2.18. The van der Waals surface area contributed by atoms with Gasteiger partial charge in [-0.15, -0.1) is 11.3 Å². The van der Waals surface area contributed by atoms with Crippen molar-refractivity contribution in [3.8, 4) is 11.1 Å². The maximum Gasteiger partial charge on any atom is 0.326 e. The molecule has 0 aliphatic carbocycles. The van der Waals surface area contributed by atoms with Crippen LogP contribution in [0, 0.1) is 12.8 Å². The van der Waals surface area contributed by atoms with E-state index in [0.29, 0.717) is 21.8 Å². The number of ether oxygens (including phenoxy) is 1. The summed E-state index contributed by atoms with van der Waals surface area (Å²) in [7, 11) is 0. The number of aromatic nitrogens is 2. The summed E-state index contributed by atoms with van der Waals surface area (Å²) < 4.78 is 6.47. The number of carbonyl (C=O) groups excluding carboxylic acids is 1. The van der Waals surface area contributed by atoms with Gasteiger partial charge >= 0.3 is 5.97 Å². The highest BCUT2D eigenvalue weighted by molar-refractivity contribution is 7.19. The Bertz CT molecular complexity index is 1010. The number of fused-ring (bicyclic) bond motifs is 1. The Morgan fingerprint density at radius 1 is 1.31 bits per heavy atom. The lowest BCUT2D eigenvalue weighted by Gasteiger charge is -2.09. The zero-order valence-corrected chi connectivity index (χ0v) is 16.4. The minimum atomic E-state index is -0.443. The lowest BCUT2D eigenvalue weighted by atomic mass is 10.0. The Kier molecular flexibility index (Phi) is 5.44. The molecule has 0 unspecified atom stereocenters. The van der Waals surface area contributed by atoms with Gasteiger partial charge in [0.25, 0.3) is 5.56 Å². The summed E-state index contributed by atoms with van der Waals surface area (Å²) in [4.78, 5) is 31.0. The summed E-state index contributed by atoms with van der Waals surface area (Å²) in [6.07, 6.45) is 1.41. The maximum atomic E-state index is 13.0. The molecule has 3 rings (SSSR count). The second kappa shape index (κ2) is 7.60. The van der Waals surface area contributed by atoms with Crippen molar-refractivity contribution in [1.82, 2.24) is 9.55 Å². The molecule has 0 radical (unpaired) electrons. The van der Waals surface area contributed by atoms with Crippen molar-refractivity contribution in [2.24, 2.45) is 5.92 Å². The fraction of sp³-hybridized carbons (Fsp3) is 0.316. The smallest absolute Gasteiger partial charge is 0.326 e.